The molecule has 0 unspecified atom stereocenters. The Morgan fingerprint density at radius 1 is 1.32 bits per heavy atom. The highest BCUT2D eigenvalue weighted by molar-refractivity contribution is 7.84. The SMILES string of the molecule is Cc1ccc2c(n1)[C@@H](c1cc(C(=O)c3cncnc3N[C@@H]3C[C@H](COS(N)(=O)=O)[C@@H](O)C3)sc1C)OCC2. The first-order chi connectivity index (χ1) is 18.1. The number of anilines is 1. The van der Waals surface area contributed by atoms with Gasteiger partial charge in [0.15, 0.2) is 0 Å². The molecule has 13 heteroatoms. The van der Waals surface area contributed by atoms with Gasteiger partial charge in [-0.25, -0.2) is 15.1 Å². The number of pyridine rings is 1. The molecule has 4 N–H and O–H groups in total. The maximum atomic E-state index is 13.6. The molecule has 38 heavy (non-hydrogen) atoms. The van der Waals surface area contributed by atoms with E-state index in [1.54, 1.807) is 0 Å². The van der Waals surface area contributed by atoms with Crippen LogP contribution in [0.5, 0.6) is 0 Å². The minimum Gasteiger partial charge on any atom is -0.393 e. The zero-order valence-corrected chi connectivity index (χ0v) is 22.6. The van der Waals surface area contributed by atoms with E-state index in [0.717, 1.165) is 33.8 Å². The number of nitrogens with one attached hydrogen (secondary N) is 1. The van der Waals surface area contributed by atoms with Crippen LogP contribution in [0.2, 0.25) is 0 Å². The van der Waals surface area contributed by atoms with Crippen molar-refractivity contribution < 1.29 is 27.2 Å². The Morgan fingerprint density at radius 3 is 2.92 bits per heavy atom. The monoisotopic (exact) mass is 559 g/mol. The van der Waals surface area contributed by atoms with Crippen LogP contribution < -0.4 is 10.5 Å². The van der Waals surface area contributed by atoms with Gasteiger partial charge in [0, 0.05) is 34.3 Å². The lowest BCUT2D eigenvalue weighted by atomic mass is 9.97. The normalized spacial score (nSPS) is 23.3. The molecule has 4 atom stereocenters. The number of aliphatic hydroxyl groups excluding tert-OH is 1. The Labute approximate surface area is 224 Å². The van der Waals surface area contributed by atoms with Crippen molar-refractivity contribution >= 4 is 33.2 Å². The molecule has 0 amide bonds. The third-order valence-electron chi connectivity index (χ3n) is 6.92. The van der Waals surface area contributed by atoms with Gasteiger partial charge >= 0.3 is 10.3 Å². The summed E-state index contributed by atoms with van der Waals surface area (Å²) in [7, 11) is -4.10. The second kappa shape index (κ2) is 10.8. The van der Waals surface area contributed by atoms with Crippen LogP contribution in [0, 0.1) is 19.8 Å². The first-order valence-corrected chi connectivity index (χ1v) is 14.5. The Balaban J connectivity index is 1.35. The third-order valence-corrected chi connectivity index (χ3v) is 8.45. The number of rotatable bonds is 8. The van der Waals surface area contributed by atoms with Gasteiger partial charge in [-0.1, -0.05) is 6.07 Å². The number of fused-ring (bicyclic) bond motifs is 1. The summed E-state index contributed by atoms with van der Waals surface area (Å²) < 4.78 is 33.0. The van der Waals surface area contributed by atoms with E-state index in [1.807, 2.05) is 26.0 Å². The average molecular weight is 560 g/mol. The van der Waals surface area contributed by atoms with Gasteiger partial charge in [-0.15, -0.1) is 11.3 Å². The summed E-state index contributed by atoms with van der Waals surface area (Å²) in [4.78, 5) is 28.2. The fraction of sp³-hybridized carbons (Fsp3) is 0.440. The highest BCUT2D eigenvalue weighted by atomic mass is 32.2. The van der Waals surface area contributed by atoms with Crippen molar-refractivity contribution in [2.75, 3.05) is 18.5 Å². The molecular formula is C25H29N5O6S2. The van der Waals surface area contributed by atoms with Crippen LogP contribution in [0.15, 0.2) is 30.7 Å². The lowest BCUT2D eigenvalue weighted by Crippen LogP contribution is -2.24. The molecule has 202 valence electrons. The minimum absolute atomic E-state index is 0.217. The van der Waals surface area contributed by atoms with Gasteiger partial charge in [-0.2, -0.15) is 8.42 Å². The number of hydrogen-bond donors (Lipinski definition) is 3. The summed E-state index contributed by atoms with van der Waals surface area (Å²) in [6.45, 7) is 4.28. The van der Waals surface area contributed by atoms with Gasteiger partial charge in [0.25, 0.3) is 0 Å². The van der Waals surface area contributed by atoms with Gasteiger partial charge in [0.1, 0.15) is 18.2 Å². The number of aromatic nitrogens is 3. The van der Waals surface area contributed by atoms with Crippen molar-refractivity contribution in [3.05, 3.63) is 68.6 Å². The summed E-state index contributed by atoms with van der Waals surface area (Å²) in [5.74, 6) is -0.308. The molecule has 3 aromatic rings. The van der Waals surface area contributed by atoms with E-state index >= 15 is 0 Å². The first-order valence-electron chi connectivity index (χ1n) is 12.2. The van der Waals surface area contributed by atoms with E-state index in [-0.39, 0.29) is 24.5 Å². The summed E-state index contributed by atoms with van der Waals surface area (Å²) in [6.07, 6.45) is 3.25. The van der Waals surface area contributed by atoms with E-state index in [0.29, 0.717) is 35.7 Å². The maximum absolute atomic E-state index is 13.6. The Bertz CT molecular complexity index is 1460. The van der Waals surface area contributed by atoms with Gasteiger partial charge < -0.3 is 15.2 Å². The lowest BCUT2D eigenvalue weighted by Gasteiger charge is -2.25. The molecule has 1 fully saturated rings. The first kappa shape index (κ1) is 26.8. The summed E-state index contributed by atoms with van der Waals surface area (Å²) >= 11 is 1.39. The molecule has 4 heterocycles. The number of nitrogens with zero attached hydrogens (tertiary/aromatic N) is 3. The predicted octanol–water partition coefficient (Wildman–Crippen LogP) is 2.21. The van der Waals surface area contributed by atoms with E-state index in [9.17, 15) is 18.3 Å². The average Bonchev–Trinajstić information content (AvgIpc) is 3.43. The van der Waals surface area contributed by atoms with Gasteiger partial charge in [-0.3, -0.25) is 14.0 Å². The zero-order valence-electron chi connectivity index (χ0n) is 21.0. The van der Waals surface area contributed by atoms with Crippen molar-refractivity contribution in [1.82, 2.24) is 15.0 Å². The van der Waals surface area contributed by atoms with Crippen LogP contribution in [0.25, 0.3) is 0 Å². The van der Waals surface area contributed by atoms with E-state index in [1.165, 1.54) is 23.9 Å². The molecule has 0 aromatic carbocycles. The van der Waals surface area contributed by atoms with E-state index in [4.69, 9.17) is 14.9 Å². The van der Waals surface area contributed by atoms with E-state index in [2.05, 4.69) is 25.5 Å². The van der Waals surface area contributed by atoms with Crippen molar-refractivity contribution in [3.63, 3.8) is 0 Å². The van der Waals surface area contributed by atoms with Gasteiger partial charge in [0.05, 0.1) is 35.5 Å². The van der Waals surface area contributed by atoms with Crippen molar-refractivity contribution in [2.45, 2.75) is 51.4 Å². The van der Waals surface area contributed by atoms with Crippen LogP contribution in [0.1, 0.15) is 61.6 Å². The number of nitrogens with two attached hydrogens (primary N) is 1. The van der Waals surface area contributed by atoms with Crippen LogP contribution in [0.4, 0.5) is 5.82 Å². The molecule has 3 aromatic heterocycles. The minimum atomic E-state index is -4.10. The number of carbonyl (C=O) groups is 1. The van der Waals surface area contributed by atoms with Crippen molar-refractivity contribution in [1.29, 1.82) is 0 Å². The van der Waals surface area contributed by atoms with Gasteiger partial charge in [0.2, 0.25) is 5.78 Å². The Hall–Kier alpha value is -2.81. The molecule has 2 aliphatic rings. The third kappa shape index (κ3) is 5.77. The molecule has 0 bridgehead atoms. The number of aliphatic hydroxyl groups is 1. The second-order valence-electron chi connectivity index (χ2n) is 9.65. The molecule has 0 spiro atoms. The summed E-state index contributed by atoms with van der Waals surface area (Å²) in [6, 6.07) is 5.70. The highest BCUT2D eigenvalue weighted by Gasteiger charge is 2.35. The van der Waals surface area contributed by atoms with E-state index < -0.39 is 22.3 Å². The van der Waals surface area contributed by atoms with Gasteiger partial charge in [-0.05, 0) is 50.8 Å². The largest absolute Gasteiger partial charge is 0.393 e. The molecule has 0 saturated heterocycles. The molecular weight excluding hydrogens is 530 g/mol. The van der Waals surface area contributed by atoms with Crippen LogP contribution in [-0.4, -0.2) is 59.6 Å². The lowest BCUT2D eigenvalue weighted by molar-refractivity contribution is 0.0662. The second-order valence-corrected chi connectivity index (χ2v) is 12.1. The summed E-state index contributed by atoms with van der Waals surface area (Å²) in [5.41, 5.74) is 4.18. The molecule has 0 radical (unpaired) electrons. The number of ether oxygens (including phenoxy) is 1. The Morgan fingerprint density at radius 2 is 2.13 bits per heavy atom. The number of ketones is 1. The number of thiophene rings is 1. The molecule has 5 rings (SSSR count). The topological polar surface area (TPSA) is 167 Å². The molecule has 11 nitrogen and oxygen atoms in total. The number of carbonyl (C=O) groups excluding carboxylic acids is 1. The molecule has 1 aliphatic carbocycles. The summed E-state index contributed by atoms with van der Waals surface area (Å²) in [5, 5.41) is 18.5. The smallest absolute Gasteiger partial charge is 0.333 e. The quantitative estimate of drug-likeness (QED) is 0.348. The fourth-order valence-corrected chi connectivity index (χ4v) is 6.40. The highest BCUT2D eigenvalue weighted by Crippen LogP contribution is 2.38. The van der Waals surface area contributed by atoms with Crippen LogP contribution in [-0.2, 0) is 25.6 Å². The van der Waals surface area contributed by atoms with Crippen LogP contribution >= 0.6 is 11.3 Å². The maximum Gasteiger partial charge on any atom is 0.333 e. The Kier molecular flexibility index (Phi) is 7.58. The zero-order chi connectivity index (χ0) is 27.0. The molecule has 1 aliphatic heterocycles. The van der Waals surface area contributed by atoms with Crippen molar-refractivity contribution in [3.8, 4) is 0 Å². The number of aryl methyl sites for hydroxylation is 2. The molecule has 1 saturated carbocycles. The van der Waals surface area contributed by atoms with Crippen molar-refractivity contribution in [2.24, 2.45) is 11.1 Å². The fourth-order valence-electron chi connectivity index (χ4n) is 5.03. The standard InChI is InChI=1S/C25H29N5O6S2/c1-13-3-4-15-5-6-35-24(22(15)29-13)18-9-21(37-14(18)2)23(32)19-10-27-12-28-25(19)30-17-7-16(20(31)8-17)11-36-38(26,33)34/h3-4,9-10,12,16-17,20,24,31H,5-8,11H2,1-2H3,(H2,26,33,34)(H,27,28,30)/t16-,17-,20+,24-/m1/s1. The number of hydrogen-bond acceptors (Lipinski definition) is 11. The predicted molar refractivity (Wildman–Crippen MR) is 140 cm³/mol. The van der Waals surface area contributed by atoms with Crippen LogP contribution in [0.3, 0.4) is 0 Å².